The van der Waals surface area contributed by atoms with Gasteiger partial charge in [0, 0.05) is 71.0 Å². The van der Waals surface area contributed by atoms with Crippen LogP contribution in [0.1, 0.15) is 24.8 Å². The number of piperazine rings is 1. The number of fused-ring (bicyclic) bond motifs is 7. The van der Waals surface area contributed by atoms with Gasteiger partial charge in [0.2, 0.25) is 5.91 Å². The maximum absolute atomic E-state index is 12.7. The molecule has 4 bridgehead atoms. The Bertz CT molecular complexity index is 1020. The molecule has 1 aromatic carbocycles. The lowest BCUT2D eigenvalue weighted by Crippen LogP contribution is -2.48. The minimum absolute atomic E-state index is 0.242. The fourth-order valence-electron chi connectivity index (χ4n) is 4.89. The van der Waals surface area contributed by atoms with Gasteiger partial charge in [-0.05, 0) is 25.0 Å². The minimum Gasteiger partial charge on any atom is -0.491 e. The Morgan fingerprint density at radius 1 is 0.971 bits per heavy atom. The van der Waals surface area contributed by atoms with Crippen molar-refractivity contribution < 1.29 is 14.3 Å². The minimum atomic E-state index is 0.242. The van der Waals surface area contributed by atoms with Crippen molar-refractivity contribution in [1.29, 1.82) is 0 Å². The number of hydrogen-bond acceptors (Lipinski definition) is 9. The Balaban J connectivity index is 1.46. The molecule has 10 heteroatoms. The Labute approximate surface area is 206 Å². The monoisotopic (exact) mass is 481 g/mol. The third kappa shape index (κ3) is 5.59. The van der Waals surface area contributed by atoms with Crippen LogP contribution in [0, 0.1) is 0 Å². The summed E-state index contributed by atoms with van der Waals surface area (Å²) in [5.41, 5.74) is 3.00. The van der Waals surface area contributed by atoms with Crippen molar-refractivity contribution in [2.24, 2.45) is 0 Å². The molecule has 1 aromatic heterocycles. The highest BCUT2D eigenvalue weighted by atomic mass is 16.5. The van der Waals surface area contributed by atoms with Crippen molar-refractivity contribution in [3.05, 3.63) is 30.1 Å². The molecule has 5 heterocycles. The Kier molecular flexibility index (Phi) is 7.48. The molecule has 188 valence electrons. The number of carbonyl (C=O) groups excluding carboxylic acids is 1. The highest BCUT2D eigenvalue weighted by Gasteiger charge is 2.24. The van der Waals surface area contributed by atoms with E-state index in [1.807, 2.05) is 11.9 Å². The van der Waals surface area contributed by atoms with E-state index in [0.29, 0.717) is 32.8 Å². The third-order valence-electron chi connectivity index (χ3n) is 6.91. The predicted octanol–water partition coefficient (Wildman–Crippen LogP) is 2.31. The molecular formula is C25H35N7O3. The highest BCUT2D eigenvalue weighted by Crippen LogP contribution is 2.34. The summed E-state index contributed by atoms with van der Waals surface area (Å²) in [5, 5.41) is 6.73. The van der Waals surface area contributed by atoms with Crippen molar-refractivity contribution in [2.45, 2.75) is 25.8 Å². The topological polar surface area (TPSA) is 95.1 Å². The van der Waals surface area contributed by atoms with Crippen LogP contribution in [0.4, 0.5) is 23.0 Å². The van der Waals surface area contributed by atoms with Gasteiger partial charge in [-0.1, -0.05) is 0 Å². The number of carbonyl (C=O) groups is 1. The van der Waals surface area contributed by atoms with Crippen LogP contribution in [0.3, 0.4) is 0 Å². The van der Waals surface area contributed by atoms with E-state index >= 15 is 0 Å². The Morgan fingerprint density at radius 2 is 1.80 bits per heavy atom. The zero-order chi connectivity index (χ0) is 24.0. The first kappa shape index (κ1) is 23.6. The van der Waals surface area contributed by atoms with Gasteiger partial charge >= 0.3 is 0 Å². The van der Waals surface area contributed by atoms with Crippen LogP contribution < -0.4 is 20.3 Å². The van der Waals surface area contributed by atoms with E-state index < -0.39 is 0 Å². The highest BCUT2D eigenvalue weighted by molar-refractivity contribution is 5.76. The molecule has 2 N–H and O–H groups in total. The number of ether oxygens (including phenoxy) is 2. The van der Waals surface area contributed by atoms with Gasteiger partial charge in [0.05, 0.1) is 31.1 Å². The zero-order valence-corrected chi connectivity index (χ0v) is 20.5. The van der Waals surface area contributed by atoms with Crippen molar-refractivity contribution in [1.82, 2.24) is 19.8 Å². The van der Waals surface area contributed by atoms with Crippen molar-refractivity contribution >= 4 is 28.9 Å². The van der Waals surface area contributed by atoms with Gasteiger partial charge in [-0.15, -0.1) is 0 Å². The fraction of sp³-hybridized carbons (Fsp3) is 0.560. The van der Waals surface area contributed by atoms with E-state index in [1.54, 1.807) is 6.33 Å². The number of morpholine rings is 1. The summed E-state index contributed by atoms with van der Waals surface area (Å²) in [6, 6.07) is 6.24. The van der Waals surface area contributed by atoms with Crippen molar-refractivity contribution in [2.75, 3.05) is 81.7 Å². The van der Waals surface area contributed by atoms with Gasteiger partial charge in [-0.2, -0.15) is 0 Å². The molecule has 0 unspecified atom stereocenters. The standard InChI is InChI=1S/C25H35N7O3/c1-26-24-20-17-30-7-9-32(10-8-30)23(33)4-2-3-13-35-22-16-19(29-25(20)28-18-27-24)5-6-21(22)31-11-14-34-15-12-31/h5-6,16,18H,2-4,7-15,17H2,1H3,(H2,26,27,28,29). The van der Waals surface area contributed by atoms with E-state index in [1.165, 1.54) is 0 Å². The molecule has 2 fully saturated rings. The number of amides is 1. The second-order valence-electron chi connectivity index (χ2n) is 9.17. The van der Waals surface area contributed by atoms with Crippen LogP contribution in [0.15, 0.2) is 24.5 Å². The molecule has 0 radical (unpaired) electrons. The van der Waals surface area contributed by atoms with E-state index in [4.69, 9.17) is 9.47 Å². The summed E-state index contributed by atoms with van der Waals surface area (Å²) in [4.78, 5) is 28.4. The summed E-state index contributed by atoms with van der Waals surface area (Å²) in [5.74, 6) is 2.66. The summed E-state index contributed by atoms with van der Waals surface area (Å²) in [6.45, 7) is 7.57. The number of nitrogens with zero attached hydrogens (tertiary/aromatic N) is 5. The fourth-order valence-corrected chi connectivity index (χ4v) is 4.89. The second kappa shape index (κ2) is 11.1. The van der Waals surface area contributed by atoms with Crippen LogP contribution >= 0.6 is 0 Å². The van der Waals surface area contributed by atoms with Gasteiger partial charge in [-0.25, -0.2) is 9.97 Å². The molecule has 2 aromatic rings. The van der Waals surface area contributed by atoms with Gasteiger partial charge in [0.15, 0.2) is 0 Å². The number of hydrogen-bond donors (Lipinski definition) is 2. The smallest absolute Gasteiger partial charge is 0.222 e. The molecule has 0 saturated carbocycles. The summed E-state index contributed by atoms with van der Waals surface area (Å²) in [7, 11) is 1.88. The molecular weight excluding hydrogens is 446 g/mol. The van der Waals surface area contributed by atoms with Gasteiger partial charge in [0.25, 0.3) is 0 Å². The van der Waals surface area contributed by atoms with Gasteiger partial charge in [0.1, 0.15) is 23.7 Å². The van der Waals surface area contributed by atoms with Crippen molar-refractivity contribution in [3.8, 4) is 5.75 Å². The first-order valence-corrected chi connectivity index (χ1v) is 12.6. The van der Waals surface area contributed by atoms with E-state index in [2.05, 4.69) is 48.6 Å². The average Bonchev–Trinajstić information content (AvgIpc) is 2.90. The average molecular weight is 482 g/mol. The summed E-state index contributed by atoms with van der Waals surface area (Å²) < 4.78 is 11.8. The molecule has 35 heavy (non-hydrogen) atoms. The lowest BCUT2D eigenvalue weighted by molar-refractivity contribution is -0.133. The quantitative estimate of drug-likeness (QED) is 0.670. The molecule has 0 spiro atoms. The number of benzene rings is 1. The number of nitrogens with one attached hydrogen (secondary N) is 2. The normalized spacial score (nSPS) is 20.0. The Hall–Kier alpha value is -3.11. The largest absolute Gasteiger partial charge is 0.491 e. The third-order valence-corrected chi connectivity index (χ3v) is 6.91. The molecule has 10 nitrogen and oxygen atoms in total. The van der Waals surface area contributed by atoms with Crippen molar-refractivity contribution in [3.63, 3.8) is 0 Å². The molecule has 6 rings (SSSR count). The first-order valence-electron chi connectivity index (χ1n) is 12.6. The lowest BCUT2D eigenvalue weighted by atomic mass is 10.2. The molecule has 1 amide bonds. The van der Waals surface area contributed by atoms with Crippen LogP contribution in [0.2, 0.25) is 0 Å². The molecule has 2 saturated heterocycles. The zero-order valence-electron chi connectivity index (χ0n) is 20.5. The SMILES string of the molecule is CNc1ncnc2c1CN1CCN(CC1)C(=O)CCCCOc1cc(ccc1N1CCOCC1)N2. The van der Waals surface area contributed by atoms with E-state index in [0.717, 1.165) is 86.4 Å². The molecule has 4 aliphatic heterocycles. The van der Waals surface area contributed by atoms with Crippen LogP contribution in [0.25, 0.3) is 0 Å². The molecule has 0 aliphatic carbocycles. The van der Waals surface area contributed by atoms with Crippen LogP contribution in [-0.4, -0.2) is 91.8 Å². The summed E-state index contributed by atoms with van der Waals surface area (Å²) >= 11 is 0. The van der Waals surface area contributed by atoms with Gasteiger partial charge < -0.3 is 29.9 Å². The first-order chi connectivity index (χ1) is 17.2. The molecule has 4 aliphatic rings. The second-order valence-corrected chi connectivity index (χ2v) is 9.17. The Morgan fingerprint density at radius 3 is 2.60 bits per heavy atom. The van der Waals surface area contributed by atoms with Crippen LogP contribution in [-0.2, 0) is 16.1 Å². The summed E-state index contributed by atoms with van der Waals surface area (Å²) in [6.07, 6.45) is 3.82. The van der Waals surface area contributed by atoms with E-state index in [-0.39, 0.29) is 5.91 Å². The van der Waals surface area contributed by atoms with Gasteiger partial charge in [-0.3, -0.25) is 9.69 Å². The number of aromatic nitrogens is 2. The maximum Gasteiger partial charge on any atom is 0.222 e. The molecule has 0 atom stereocenters. The predicted molar refractivity (Wildman–Crippen MR) is 136 cm³/mol. The number of anilines is 4. The number of rotatable bonds is 2. The maximum atomic E-state index is 12.7. The lowest BCUT2D eigenvalue weighted by Gasteiger charge is -2.35. The van der Waals surface area contributed by atoms with Crippen LogP contribution in [0.5, 0.6) is 5.75 Å². The van der Waals surface area contributed by atoms with E-state index in [9.17, 15) is 4.79 Å².